The molecule has 1 heterocycles. The van der Waals surface area contributed by atoms with Crippen LogP contribution in [0.3, 0.4) is 0 Å². The van der Waals surface area contributed by atoms with E-state index in [9.17, 15) is 0 Å². The third kappa shape index (κ3) is 2.38. The van der Waals surface area contributed by atoms with Crippen LogP contribution in [0.25, 0.3) is 0 Å². The highest BCUT2D eigenvalue weighted by Gasteiger charge is 2.40. The molecule has 0 saturated heterocycles. The SMILES string of the molecule is CN(CC1(c2ccc(Cl)cc2)CCC1)c1nnn(C)n1. The Morgan fingerprint density at radius 3 is 2.50 bits per heavy atom. The lowest BCUT2D eigenvalue weighted by Gasteiger charge is -2.44. The van der Waals surface area contributed by atoms with Crippen LogP contribution in [0.5, 0.6) is 0 Å². The van der Waals surface area contributed by atoms with Crippen molar-refractivity contribution in [3.05, 3.63) is 34.9 Å². The van der Waals surface area contributed by atoms with Crippen LogP contribution in [-0.4, -0.2) is 33.8 Å². The lowest BCUT2D eigenvalue weighted by atomic mass is 9.64. The summed E-state index contributed by atoms with van der Waals surface area (Å²) >= 11 is 5.99. The van der Waals surface area contributed by atoms with E-state index in [2.05, 4.69) is 32.4 Å². The highest BCUT2D eigenvalue weighted by Crippen LogP contribution is 2.44. The minimum Gasteiger partial charge on any atom is -0.340 e. The van der Waals surface area contributed by atoms with Crippen LogP contribution in [0, 0.1) is 0 Å². The molecule has 0 unspecified atom stereocenters. The van der Waals surface area contributed by atoms with Crippen LogP contribution in [0.1, 0.15) is 24.8 Å². The monoisotopic (exact) mass is 291 g/mol. The number of hydrogen-bond acceptors (Lipinski definition) is 4. The predicted octanol–water partition coefficient (Wildman–Crippen LogP) is 2.42. The first kappa shape index (κ1) is 13.4. The van der Waals surface area contributed by atoms with Gasteiger partial charge < -0.3 is 4.90 Å². The van der Waals surface area contributed by atoms with Crippen LogP contribution in [-0.2, 0) is 12.5 Å². The summed E-state index contributed by atoms with van der Waals surface area (Å²) in [4.78, 5) is 3.57. The molecule has 0 spiro atoms. The second kappa shape index (κ2) is 5.05. The Morgan fingerprint density at radius 1 is 1.30 bits per heavy atom. The fraction of sp³-hybridized carbons (Fsp3) is 0.500. The maximum absolute atomic E-state index is 5.99. The summed E-state index contributed by atoms with van der Waals surface area (Å²) < 4.78 is 0. The second-order valence-corrected chi connectivity index (χ2v) is 6.01. The summed E-state index contributed by atoms with van der Waals surface area (Å²) in [6.45, 7) is 0.903. The van der Waals surface area contributed by atoms with Crippen LogP contribution in [0.4, 0.5) is 5.95 Å². The van der Waals surface area contributed by atoms with Gasteiger partial charge in [-0.1, -0.05) is 35.3 Å². The van der Waals surface area contributed by atoms with Crippen molar-refractivity contribution < 1.29 is 0 Å². The Kier molecular flexibility index (Phi) is 3.38. The topological polar surface area (TPSA) is 46.8 Å². The van der Waals surface area contributed by atoms with Gasteiger partial charge in [-0.05, 0) is 35.8 Å². The first-order chi connectivity index (χ1) is 9.59. The van der Waals surface area contributed by atoms with Gasteiger partial charge in [0.2, 0.25) is 0 Å². The van der Waals surface area contributed by atoms with Gasteiger partial charge in [-0.3, -0.25) is 0 Å². The second-order valence-electron chi connectivity index (χ2n) is 5.58. The summed E-state index contributed by atoms with van der Waals surface area (Å²) in [7, 11) is 3.80. The minimum absolute atomic E-state index is 0.193. The van der Waals surface area contributed by atoms with Crippen LogP contribution in [0.2, 0.25) is 5.02 Å². The molecule has 1 aliphatic rings. The van der Waals surface area contributed by atoms with E-state index in [1.807, 2.05) is 19.2 Å². The standard InChI is InChI=1S/C14H18ClN5/c1-19(13-16-18-20(2)17-13)10-14(8-3-9-14)11-4-6-12(15)7-5-11/h4-7H,3,8-10H2,1-2H3. The number of aryl methyl sites for hydroxylation is 1. The molecule has 2 aromatic rings. The number of anilines is 1. The number of hydrogen-bond donors (Lipinski definition) is 0. The number of likely N-dealkylation sites (N-methyl/N-ethyl adjacent to an activating group) is 1. The number of benzene rings is 1. The van der Waals surface area contributed by atoms with E-state index >= 15 is 0 Å². The Bertz CT molecular complexity index is 588. The Balaban J connectivity index is 1.81. The number of tetrazole rings is 1. The van der Waals surface area contributed by atoms with Gasteiger partial charge in [-0.2, -0.15) is 4.80 Å². The van der Waals surface area contributed by atoms with Crippen molar-refractivity contribution in [1.82, 2.24) is 20.2 Å². The minimum atomic E-state index is 0.193. The van der Waals surface area contributed by atoms with Crippen molar-refractivity contribution in [3.63, 3.8) is 0 Å². The lowest BCUT2D eigenvalue weighted by Crippen LogP contribution is -2.45. The van der Waals surface area contributed by atoms with Gasteiger partial charge in [0.25, 0.3) is 5.95 Å². The van der Waals surface area contributed by atoms with E-state index in [-0.39, 0.29) is 5.41 Å². The van der Waals surface area contributed by atoms with Crippen LogP contribution < -0.4 is 4.90 Å². The molecule has 1 aromatic heterocycles. The van der Waals surface area contributed by atoms with Gasteiger partial charge in [0.15, 0.2) is 0 Å². The van der Waals surface area contributed by atoms with Crippen molar-refractivity contribution in [2.45, 2.75) is 24.7 Å². The molecular weight excluding hydrogens is 274 g/mol. The van der Waals surface area contributed by atoms with Crippen molar-refractivity contribution in [2.24, 2.45) is 7.05 Å². The molecule has 1 aromatic carbocycles. The third-order valence-electron chi connectivity index (χ3n) is 4.15. The van der Waals surface area contributed by atoms with Gasteiger partial charge in [0.1, 0.15) is 0 Å². The summed E-state index contributed by atoms with van der Waals surface area (Å²) in [5, 5.41) is 13.0. The first-order valence-electron chi connectivity index (χ1n) is 6.80. The molecule has 0 aliphatic heterocycles. The van der Waals surface area contributed by atoms with Gasteiger partial charge in [0.05, 0.1) is 7.05 Å². The molecule has 106 valence electrons. The number of halogens is 1. The fourth-order valence-electron chi connectivity index (χ4n) is 2.90. The maximum Gasteiger partial charge on any atom is 0.265 e. The van der Waals surface area contributed by atoms with Crippen LogP contribution >= 0.6 is 11.6 Å². The summed E-state index contributed by atoms with van der Waals surface area (Å²) in [6.07, 6.45) is 3.66. The van der Waals surface area contributed by atoms with E-state index < -0.39 is 0 Å². The zero-order valence-electron chi connectivity index (χ0n) is 11.8. The average molecular weight is 292 g/mol. The normalized spacial score (nSPS) is 16.8. The molecule has 0 atom stereocenters. The van der Waals surface area contributed by atoms with Crippen molar-refractivity contribution >= 4 is 17.5 Å². The quantitative estimate of drug-likeness (QED) is 0.868. The Labute approximate surface area is 123 Å². The van der Waals surface area contributed by atoms with Crippen molar-refractivity contribution in [3.8, 4) is 0 Å². The number of rotatable bonds is 4. The molecule has 1 aliphatic carbocycles. The maximum atomic E-state index is 5.99. The van der Waals surface area contributed by atoms with Crippen LogP contribution in [0.15, 0.2) is 24.3 Å². The van der Waals surface area contributed by atoms with E-state index in [4.69, 9.17) is 11.6 Å². The number of nitrogens with zero attached hydrogens (tertiary/aromatic N) is 5. The molecule has 0 radical (unpaired) electrons. The van der Waals surface area contributed by atoms with Gasteiger partial charge in [-0.25, -0.2) is 0 Å². The molecular formula is C14H18ClN5. The largest absolute Gasteiger partial charge is 0.340 e. The summed E-state index contributed by atoms with van der Waals surface area (Å²) in [6, 6.07) is 8.22. The first-order valence-corrected chi connectivity index (χ1v) is 7.18. The summed E-state index contributed by atoms with van der Waals surface area (Å²) in [5.41, 5.74) is 1.54. The molecule has 1 fully saturated rings. The molecule has 5 nitrogen and oxygen atoms in total. The van der Waals surface area contributed by atoms with E-state index in [0.29, 0.717) is 5.95 Å². The zero-order chi connectivity index (χ0) is 14.2. The van der Waals surface area contributed by atoms with Gasteiger partial charge >= 0.3 is 0 Å². The molecule has 20 heavy (non-hydrogen) atoms. The Hall–Kier alpha value is -1.62. The van der Waals surface area contributed by atoms with Gasteiger partial charge in [0, 0.05) is 24.0 Å². The molecule has 0 N–H and O–H groups in total. The van der Waals surface area contributed by atoms with E-state index in [1.165, 1.54) is 29.6 Å². The fourth-order valence-corrected chi connectivity index (χ4v) is 3.02. The predicted molar refractivity (Wildman–Crippen MR) is 79.0 cm³/mol. The van der Waals surface area contributed by atoms with E-state index in [1.54, 1.807) is 7.05 Å². The smallest absolute Gasteiger partial charge is 0.265 e. The third-order valence-corrected chi connectivity index (χ3v) is 4.40. The zero-order valence-corrected chi connectivity index (χ0v) is 12.5. The highest BCUT2D eigenvalue weighted by atomic mass is 35.5. The Morgan fingerprint density at radius 2 is 2.00 bits per heavy atom. The number of aromatic nitrogens is 4. The summed E-state index contributed by atoms with van der Waals surface area (Å²) in [5.74, 6) is 0.674. The molecule has 0 bridgehead atoms. The lowest BCUT2D eigenvalue weighted by molar-refractivity contribution is 0.249. The van der Waals surface area contributed by atoms with Crippen molar-refractivity contribution in [2.75, 3.05) is 18.5 Å². The molecule has 0 amide bonds. The molecule has 1 saturated carbocycles. The van der Waals surface area contributed by atoms with Crippen molar-refractivity contribution in [1.29, 1.82) is 0 Å². The highest BCUT2D eigenvalue weighted by molar-refractivity contribution is 6.30. The molecule has 3 rings (SSSR count). The average Bonchev–Trinajstić information content (AvgIpc) is 2.82. The van der Waals surface area contributed by atoms with Gasteiger partial charge in [-0.15, -0.1) is 5.10 Å². The van der Waals surface area contributed by atoms with E-state index in [0.717, 1.165) is 11.6 Å². The molecule has 6 heteroatoms.